The first-order valence-corrected chi connectivity index (χ1v) is 8.06. The summed E-state index contributed by atoms with van der Waals surface area (Å²) < 4.78 is 24.2. The first kappa shape index (κ1) is 16.9. The Balaban J connectivity index is 5.25. The first-order chi connectivity index (χ1) is 7.33. The van der Waals surface area contributed by atoms with E-state index in [1.54, 1.807) is 0 Å². The largest absolute Gasteiger partial charge is 0.228 e. The van der Waals surface area contributed by atoms with Gasteiger partial charge in [-0.25, -0.2) is 8.42 Å². The Morgan fingerprint density at radius 3 is 1.18 bits per heavy atom. The highest BCUT2D eigenvalue weighted by Gasteiger charge is 2.45. The second-order valence-electron chi connectivity index (χ2n) is 7.22. The molecule has 2 nitrogen and oxygen atoms in total. The van der Waals surface area contributed by atoms with Gasteiger partial charge in [0.1, 0.15) is 0 Å². The standard InChI is InChI=1S/C14H30O2S/c1-11(2)9-13(5,6)17(15,16)14(7,8)10-12(3)4/h11-12H,9-10H2,1-8H3. The predicted molar refractivity (Wildman–Crippen MR) is 76.0 cm³/mol. The molecule has 0 rings (SSSR count). The summed E-state index contributed by atoms with van der Waals surface area (Å²) in [5, 5.41) is 0. The molecular formula is C14H30O2S. The average Bonchev–Trinajstić information content (AvgIpc) is 1.97. The Bertz CT molecular complexity index is 307. The summed E-state index contributed by atoms with van der Waals surface area (Å²) >= 11 is 0. The maximum absolute atomic E-state index is 12.7. The minimum atomic E-state index is -3.13. The Kier molecular flexibility index (Phi) is 5.28. The first-order valence-electron chi connectivity index (χ1n) is 6.57. The molecule has 0 unspecified atom stereocenters. The zero-order valence-electron chi connectivity index (χ0n) is 12.8. The molecule has 0 bridgehead atoms. The van der Waals surface area contributed by atoms with Crippen LogP contribution in [0.15, 0.2) is 0 Å². The van der Waals surface area contributed by atoms with Crippen LogP contribution in [0.2, 0.25) is 0 Å². The topological polar surface area (TPSA) is 34.1 Å². The Morgan fingerprint density at radius 1 is 0.765 bits per heavy atom. The van der Waals surface area contributed by atoms with Crippen molar-refractivity contribution in [3.8, 4) is 0 Å². The van der Waals surface area contributed by atoms with Gasteiger partial charge in [0.2, 0.25) is 0 Å². The molecule has 17 heavy (non-hydrogen) atoms. The highest BCUT2D eigenvalue weighted by Crippen LogP contribution is 2.37. The molecule has 0 heterocycles. The molecule has 0 aromatic carbocycles. The third-order valence-corrected chi connectivity index (χ3v) is 6.50. The van der Waals surface area contributed by atoms with Crippen LogP contribution < -0.4 is 0 Å². The van der Waals surface area contributed by atoms with E-state index in [1.807, 2.05) is 27.7 Å². The minimum absolute atomic E-state index is 0.398. The van der Waals surface area contributed by atoms with Gasteiger partial charge in [0.15, 0.2) is 9.84 Å². The van der Waals surface area contributed by atoms with Crippen LogP contribution in [0.1, 0.15) is 68.2 Å². The van der Waals surface area contributed by atoms with Crippen molar-refractivity contribution < 1.29 is 8.42 Å². The molecule has 0 aromatic heterocycles. The van der Waals surface area contributed by atoms with Crippen molar-refractivity contribution in [3.63, 3.8) is 0 Å². The zero-order chi connectivity index (χ0) is 14.1. The van der Waals surface area contributed by atoms with Crippen molar-refractivity contribution in [1.29, 1.82) is 0 Å². The van der Waals surface area contributed by atoms with E-state index in [4.69, 9.17) is 0 Å². The molecular weight excluding hydrogens is 232 g/mol. The number of rotatable bonds is 6. The van der Waals surface area contributed by atoms with Gasteiger partial charge < -0.3 is 0 Å². The third-order valence-electron chi connectivity index (χ3n) is 3.25. The van der Waals surface area contributed by atoms with Crippen LogP contribution in [-0.4, -0.2) is 17.9 Å². The van der Waals surface area contributed by atoms with Crippen molar-refractivity contribution >= 4 is 9.84 Å². The predicted octanol–water partition coefficient (Wildman–Crippen LogP) is 4.05. The van der Waals surface area contributed by atoms with E-state index in [0.29, 0.717) is 11.8 Å². The van der Waals surface area contributed by atoms with Crippen LogP contribution in [0, 0.1) is 11.8 Å². The summed E-state index contributed by atoms with van der Waals surface area (Å²) in [5.41, 5.74) is 0. The highest BCUT2D eigenvalue weighted by atomic mass is 32.2. The lowest BCUT2D eigenvalue weighted by Gasteiger charge is -2.37. The van der Waals surface area contributed by atoms with Gasteiger partial charge >= 0.3 is 0 Å². The molecule has 0 spiro atoms. The summed E-state index contributed by atoms with van der Waals surface area (Å²) in [5.74, 6) is 0.796. The fraction of sp³-hybridized carbons (Fsp3) is 1.00. The maximum atomic E-state index is 12.7. The number of hydrogen-bond acceptors (Lipinski definition) is 2. The van der Waals surface area contributed by atoms with Crippen molar-refractivity contribution in [3.05, 3.63) is 0 Å². The molecule has 0 aromatic rings. The lowest BCUT2D eigenvalue weighted by atomic mass is 9.99. The van der Waals surface area contributed by atoms with Gasteiger partial charge in [-0.15, -0.1) is 0 Å². The highest BCUT2D eigenvalue weighted by molar-refractivity contribution is 7.94. The molecule has 3 heteroatoms. The minimum Gasteiger partial charge on any atom is -0.228 e. The Labute approximate surface area is 108 Å². The van der Waals surface area contributed by atoms with Crippen molar-refractivity contribution in [2.75, 3.05) is 0 Å². The van der Waals surface area contributed by atoms with Gasteiger partial charge in [0, 0.05) is 0 Å². The van der Waals surface area contributed by atoms with E-state index in [9.17, 15) is 8.42 Å². The molecule has 0 N–H and O–H groups in total. The van der Waals surface area contributed by atoms with Crippen molar-refractivity contribution in [2.24, 2.45) is 11.8 Å². The molecule has 0 aliphatic heterocycles. The molecule has 0 saturated carbocycles. The van der Waals surface area contributed by atoms with E-state index in [-0.39, 0.29) is 0 Å². The van der Waals surface area contributed by atoms with Crippen LogP contribution in [0.25, 0.3) is 0 Å². The molecule has 0 aliphatic carbocycles. The second-order valence-corrected chi connectivity index (χ2v) is 10.4. The fourth-order valence-corrected chi connectivity index (χ4v) is 5.54. The quantitative estimate of drug-likeness (QED) is 0.723. The lowest BCUT2D eigenvalue weighted by molar-refractivity contribution is 0.418. The normalized spacial score (nSPS) is 14.7. The lowest BCUT2D eigenvalue weighted by Crippen LogP contribution is -2.47. The van der Waals surface area contributed by atoms with Gasteiger partial charge in [0.05, 0.1) is 9.49 Å². The van der Waals surface area contributed by atoms with E-state index < -0.39 is 19.3 Å². The Morgan fingerprint density at radius 2 is 1.00 bits per heavy atom. The van der Waals surface area contributed by atoms with E-state index in [1.165, 1.54) is 0 Å². The van der Waals surface area contributed by atoms with Crippen molar-refractivity contribution in [1.82, 2.24) is 0 Å². The van der Waals surface area contributed by atoms with Gasteiger partial charge in [-0.3, -0.25) is 0 Å². The van der Waals surface area contributed by atoms with Crippen LogP contribution >= 0.6 is 0 Å². The molecule has 104 valence electrons. The summed E-state index contributed by atoms with van der Waals surface area (Å²) in [6.07, 6.45) is 1.44. The zero-order valence-corrected chi connectivity index (χ0v) is 13.6. The molecule has 0 radical (unpaired) electrons. The molecule has 0 amide bonds. The van der Waals surface area contributed by atoms with Gasteiger partial charge in [-0.05, 0) is 52.4 Å². The van der Waals surface area contributed by atoms with Crippen LogP contribution in [0.4, 0.5) is 0 Å². The van der Waals surface area contributed by atoms with Crippen molar-refractivity contribution in [2.45, 2.75) is 77.7 Å². The van der Waals surface area contributed by atoms with Gasteiger partial charge in [0.25, 0.3) is 0 Å². The number of sulfone groups is 1. The molecule has 0 aliphatic rings. The summed E-state index contributed by atoms with van der Waals surface area (Å²) in [6, 6.07) is 0. The van der Waals surface area contributed by atoms with Crippen LogP contribution in [-0.2, 0) is 9.84 Å². The maximum Gasteiger partial charge on any atom is 0.160 e. The second kappa shape index (κ2) is 5.29. The Hall–Kier alpha value is -0.0500. The van der Waals surface area contributed by atoms with E-state index >= 15 is 0 Å². The summed E-state index contributed by atoms with van der Waals surface area (Å²) in [4.78, 5) is 0. The molecule has 0 atom stereocenters. The summed E-state index contributed by atoms with van der Waals surface area (Å²) in [7, 11) is -3.13. The molecule has 0 fully saturated rings. The number of hydrogen-bond donors (Lipinski definition) is 0. The summed E-state index contributed by atoms with van der Waals surface area (Å²) in [6.45, 7) is 15.8. The fourth-order valence-electron chi connectivity index (χ4n) is 2.93. The SMILES string of the molecule is CC(C)CC(C)(C)S(=O)(=O)C(C)(C)CC(C)C. The van der Waals surface area contributed by atoms with Crippen LogP contribution in [0.5, 0.6) is 0 Å². The van der Waals surface area contributed by atoms with Gasteiger partial charge in [-0.1, -0.05) is 27.7 Å². The van der Waals surface area contributed by atoms with Gasteiger partial charge in [-0.2, -0.15) is 0 Å². The van der Waals surface area contributed by atoms with E-state index in [0.717, 1.165) is 12.8 Å². The van der Waals surface area contributed by atoms with Crippen LogP contribution in [0.3, 0.4) is 0 Å². The third kappa shape index (κ3) is 3.97. The monoisotopic (exact) mass is 262 g/mol. The average molecular weight is 262 g/mol. The molecule has 0 saturated heterocycles. The smallest absolute Gasteiger partial charge is 0.160 e. The van der Waals surface area contributed by atoms with E-state index in [2.05, 4.69) is 27.7 Å².